The maximum Gasteiger partial charge on any atom is 0.253 e. The molecule has 1 N–H and O–H groups in total. The van der Waals surface area contributed by atoms with E-state index >= 15 is 0 Å². The molecule has 25 heavy (non-hydrogen) atoms. The number of hydrogen-bond donors (Lipinski definition) is 1. The number of amides is 2. The summed E-state index contributed by atoms with van der Waals surface area (Å²) in [6.45, 7) is 0.974. The Kier molecular flexibility index (Phi) is 5.24. The first-order chi connectivity index (χ1) is 12.1. The molecule has 130 valence electrons. The average Bonchev–Trinajstić information content (AvgIpc) is 3.05. The van der Waals surface area contributed by atoms with Gasteiger partial charge in [-0.1, -0.05) is 23.7 Å². The van der Waals surface area contributed by atoms with Crippen molar-refractivity contribution in [3.05, 3.63) is 58.6 Å². The van der Waals surface area contributed by atoms with Crippen LogP contribution in [0.5, 0.6) is 5.75 Å². The molecule has 0 bridgehead atoms. The Hall–Kier alpha value is -2.53. The first-order valence-corrected chi connectivity index (χ1v) is 8.47. The molecular weight excluding hydrogens is 340 g/mol. The number of nitrogens with one attached hydrogen (secondary N) is 1. The fourth-order valence-electron chi connectivity index (χ4n) is 2.88. The minimum Gasteiger partial charge on any atom is -0.497 e. The molecule has 0 aliphatic carbocycles. The highest BCUT2D eigenvalue weighted by Crippen LogP contribution is 2.28. The highest BCUT2D eigenvalue weighted by molar-refractivity contribution is 6.31. The Labute approximate surface area is 151 Å². The third-order valence-electron chi connectivity index (χ3n) is 4.16. The molecule has 2 amide bonds. The van der Waals surface area contributed by atoms with Gasteiger partial charge < -0.3 is 15.0 Å². The molecule has 1 fully saturated rings. The van der Waals surface area contributed by atoms with Gasteiger partial charge in [0, 0.05) is 24.5 Å². The standard InChI is InChI=1S/C19H19ClN2O3/c1-25-15-5-2-4-13(10-15)12-21-19(24)16-8-7-14(20)11-17(16)22-9-3-6-18(22)23/h2,4-5,7-8,10-11H,3,6,9,12H2,1H3,(H,21,24). The molecule has 0 aromatic heterocycles. The lowest BCUT2D eigenvalue weighted by atomic mass is 10.1. The lowest BCUT2D eigenvalue weighted by molar-refractivity contribution is -0.117. The third kappa shape index (κ3) is 3.94. The molecule has 6 heteroatoms. The van der Waals surface area contributed by atoms with E-state index in [1.807, 2.05) is 24.3 Å². The third-order valence-corrected chi connectivity index (χ3v) is 4.39. The molecule has 0 atom stereocenters. The highest BCUT2D eigenvalue weighted by atomic mass is 35.5. The smallest absolute Gasteiger partial charge is 0.253 e. The molecule has 0 radical (unpaired) electrons. The number of halogens is 1. The van der Waals surface area contributed by atoms with Crippen molar-refractivity contribution in [3.63, 3.8) is 0 Å². The van der Waals surface area contributed by atoms with Crippen LogP contribution in [-0.2, 0) is 11.3 Å². The largest absolute Gasteiger partial charge is 0.497 e. The van der Waals surface area contributed by atoms with Crippen LogP contribution in [0.25, 0.3) is 0 Å². The van der Waals surface area contributed by atoms with Crippen LogP contribution in [0.3, 0.4) is 0 Å². The number of ether oxygens (including phenoxy) is 1. The molecule has 1 aliphatic heterocycles. The first-order valence-electron chi connectivity index (χ1n) is 8.09. The number of nitrogens with zero attached hydrogens (tertiary/aromatic N) is 1. The molecule has 0 unspecified atom stereocenters. The van der Waals surface area contributed by atoms with Gasteiger partial charge in [0.15, 0.2) is 0 Å². The van der Waals surface area contributed by atoms with Gasteiger partial charge in [-0.15, -0.1) is 0 Å². The summed E-state index contributed by atoms with van der Waals surface area (Å²) in [7, 11) is 1.60. The van der Waals surface area contributed by atoms with Crippen LogP contribution >= 0.6 is 11.6 Å². The maximum atomic E-state index is 12.6. The van der Waals surface area contributed by atoms with Gasteiger partial charge in [-0.05, 0) is 42.3 Å². The number of rotatable bonds is 5. The summed E-state index contributed by atoms with van der Waals surface area (Å²) in [6, 6.07) is 12.5. The van der Waals surface area contributed by atoms with Crippen LogP contribution in [0, 0.1) is 0 Å². The van der Waals surface area contributed by atoms with Crippen LogP contribution in [-0.4, -0.2) is 25.5 Å². The molecule has 5 nitrogen and oxygen atoms in total. The van der Waals surface area contributed by atoms with Gasteiger partial charge in [0.1, 0.15) is 5.75 Å². The van der Waals surface area contributed by atoms with Crippen molar-refractivity contribution in [3.8, 4) is 5.75 Å². The molecule has 1 heterocycles. The fraction of sp³-hybridized carbons (Fsp3) is 0.263. The second-order valence-corrected chi connectivity index (χ2v) is 6.28. The van der Waals surface area contributed by atoms with Gasteiger partial charge in [0.2, 0.25) is 5.91 Å². The van der Waals surface area contributed by atoms with Crippen LogP contribution in [0.2, 0.25) is 5.02 Å². The summed E-state index contributed by atoms with van der Waals surface area (Å²) in [5, 5.41) is 3.39. The second-order valence-electron chi connectivity index (χ2n) is 5.84. The Balaban J connectivity index is 1.78. The van der Waals surface area contributed by atoms with Crippen molar-refractivity contribution >= 4 is 29.1 Å². The molecule has 3 rings (SSSR count). The molecule has 0 spiro atoms. The summed E-state index contributed by atoms with van der Waals surface area (Å²) in [5.74, 6) is 0.514. The zero-order valence-electron chi connectivity index (χ0n) is 13.9. The normalized spacial score (nSPS) is 13.8. The minimum atomic E-state index is -0.241. The van der Waals surface area contributed by atoms with Gasteiger partial charge in [-0.2, -0.15) is 0 Å². The quantitative estimate of drug-likeness (QED) is 0.891. The van der Waals surface area contributed by atoms with Crippen LogP contribution in [0.15, 0.2) is 42.5 Å². The zero-order chi connectivity index (χ0) is 17.8. The van der Waals surface area contributed by atoms with Crippen molar-refractivity contribution in [1.82, 2.24) is 5.32 Å². The predicted molar refractivity (Wildman–Crippen MR) is 97.2 cm³/mol. The van der Waals surface area contributed by atoms with E-state index in [2.05, 4.69) is 5.32 Å². The van der Waals surface area contributed by atoms with E-state index in [1.54, 1.807) is 30.2 Å². The van der Waals surface area contributed by atoms with Gasteiger partial charge in [-0.3, -0.25) is 9.59 Å². The fourth-order valence-corrected chi connectivity index (χ4v) is 3.05. The monoisotopic (exact) mass is 358 g/mol. The lowest BCUT2D eigenvalue weighted by Gasteiger charge is -2.20. The molecule has 2 aromatic rings. The predicted octanol–water partition coefficient (Wildman–Crippen LogP) is 3.41. The van der Waals surface area contributed by atoms with Crippen molar-refractivity contribution in [2.45, 2.75) is 19.4 Å². The van der Waals surface area contributed by atoms with Crippen molar-refractivity contribution in [2.24, 2.45) is 0 Å². The van der Waals surface area contributed by atoms with E-state index in [0.29, 0.717) is 35.8 Å². The molecule has 0 saturated carbocycles. The summed E-state index contributed by atoms with van der Waals surface area (Å²) in [5.41, 5.74) is 1.95. The van der Waals surface area contributed by atoms with Crippen molar-refractivity contribution in [2.75, 3.05) is 18.6 Å². The number of hydrogen-bond acceptors (Lipinski definition) is 3. The summed E-state index contributed by atoms with van der Waals surface area (Å²) >= 11 is 6.07. The van der Waals surface area contributed by atoms with Gasteiger partial charge in [0.25, 0.3) is 5.91 Å². The molecular formula is C19H19ClN2O3. The number of methoxy groups -OCH3 is 1. The van der Waals surface area contributed by atoms with Crippen LogP contribution in [0.1, 0.15) is 28.8 Å². The Bertz CT molecular complexity index is 807. The maximum absolute atomic E-state index is 12.6. The van der Waals surface area contributed by atoms with E-state index in [9.17, 15) is 9.59 Å². The van der Waals surface area contributed by atoms with Gasteiger partial charge in [-0.25, -0.2) is 0 Å². The number of carbonyl (C=O) groups excluding carboxylic acids is 2. The Morgan fingerprint density at radius 1 is 1.28 bits per heavy atom. The van der Waals surface area contributed by atoms with E-state index in [-0.39, 0.29) is 11.8 Å². The highest BCUT2D eigenvalue weighted by Gasteiger charge is 2.26. The Morgan fingerprint density at radius 3 is 2.84 bits per heavy atom. The number of anilines is 1. The molecule has 2 aromatic carbocycles. The molecule has 1 saturated heterocycles. The van der Waals surface area contributed by atoms with E-state index < -0.39 is 0 Å². The van der Waals surface area contributed by atoms with E-state index in [0.717, 1.165) is 17.7 Å². The topological polar surface area (TPSA) is 58.6 Å². The van der Waals surface area contributed by atoms with E-state index in [4.69, 9.17) is 16.3 Å². The molecule has 1 aliphatic rings. The minimum absolute atomic E-state index is 0.0177. The average molecular weight is 359 g/mol. The lowest BCUT2D eigenvalue weighted by Crippen LogP contribution is -2.29. The number of carbonyl (C=O) groups is 2. The van der Waals surface area contributed by atoms with Crippen molar-refractivity contribution < 1.29 is 14.3 Å². The van der Waals surface area contributed by atoms with Gasteiger partial charge >= 0.3 is 0 Å². The summed E-state index contributed by atoms with van der Waals surface area (Å²) in [4.78, 5) is 26.3. The summed E-state index contributed by atoms with van der Waals surface area (Å²) in [6.07, 6.45) is 1.29. The first kappa shape index (κ1) is 17.3. The van der Waals surface area contributed by atoms with Crippen LogP contribution < -0.4 is 15.0 Å². The van der Waals surface area contributed by atoms with Crippen molar-refractivity contribution in [1.29, 1.82) is 0 Å². The SMILES string of the molecule is COc1cccc(CNC(=O)c2ccc(Cl)cc2N2CCCC2=O)c1. The summed E-state index contributed by atoms with van der Waals surface area (Å²) < 4.78 is 5.19. The van der Waals surface area contributed by atoms with E-state index in [1.165, 1.54) is 0 Å². The van der Waals surface area contributed by atoms with Gasteiger partial charge in [0.05, 0.1) is 18.4 Å². The second kappa shape index (κ2) is 7.57. The zero-order valence-corrected chi connectivity index (χ0v) is 14.7. The number of benzene rings is 2. The Morgan fingerprint density at radius 2 is 2.12 bits per heavy atom. The van der Waals surface area contributed by atoms with Crippen LogP contribution in [0.4, 0.5) is 5.69 Å².